The highest BCUT2D eigenvalue weighted by atomic mass is 32.2. The fourth-order valence-corrected chi connectivity index (χ4v) is 4.15. The third-order valence-corrected chi connectivity index (χ3v) is 5.27. The van der Waals surface area contributed by atoms with E-state index in [0.29, 0.717) is 24.9 Å². The Morgan fingerprint density at radius 3 is 2.71 bits per heavy atom. The van der Waals surface area contributed by atoms with Crippen molar-refractivity contribution in [2.45, 2.75) is 17.4 Å². The highest BCUT2D eigenvalue weighted by Gasteiger charge is 2.27. The molecule has 0 radical (unpaired) electrons. The van der Waals surface area contributed by atoms with Crippen LogP contribution in [0.15, 0.2) is 47.4 Å². The average molecular weight is 301 g/mol. The molecule has 0 amide bonds. The van der Waals surface area contributed by atoms with Crippen molar-refractivity contribution in [3.8, 4) is 6.19 Å². The van der Waals surface area contributed by atoms with Gasteiger partial charge in [-0.05, 0) is 17.9 Å². The minimum Gasteiger partial charge on any atom is -0.309 e. The van der Waals surface area contributed by atoms with Gasteiger partial charge < -0.3 is 4.90 Å². The number of nitrogens with zero attached hydrogens (tertiary/aromatic N) is 2. The Kier molecular flexibility index (Phi) is 3.53. The Bertz CT molecular complexity index is 806. The van der Waals surface area contributed by atoms with Gasteiger partial charge in [0.15, 0.2) is 6.19 Å². The second-order valence-electron chi connectivity index (χ2n) is 5.13. The molecule has 3 rings (SSSR count). The zero-order valence-corrected chi connectivity index (χ0v) is 12.2. The number of benzene rings is 2. The van der Waals surface area contributed by atoms with Gasteiger partial charge in [-0.3, -0.25) is 0 Å². The van der Waals surface area contributed by atoms with E-state index in [4.69, 9.17) is 5.26 Å². The molecule has 108 valence electrons. The van der Waals surface area contributed by atoms with Crippen LogP contribution in [0.3, 0.4) is 0 Å². The Morgan fingerprint density at radius 2 is 1.95 bits per heavy atom. The lowest BCUT2D eigenvalue weighted by molar-refractivity contribution is 0.470. The highest BCUT2D eigenvalue weighted by molar-refractivity contribution is 7.89. The van der Waals surface area contributed by atoms with Crippen LogP contribution in [-0.4, -0.2) is 32.4 Å². The molecule has 1 N–H and O–H groups in total. The lowest BCUT2D eigenvalue weighted by Gasteiger charge is -2.14. The summed E-state index contributed by atoms with van der Waals surface area (Å²) in [5, 5.41) is 10.4. The van der Waals surface area contributed by atoms with Gasteiger partial charge in [0.05, 0.1) is 4.90 Å². The SMILES string of the molecule is N#CN1CCC(NS(=O)(=O)c2cccc3ccccc23)C1. The van der Waals surface area contributed by atoms with E-state index in [9.17, 15) is 8.42 Å². The maximum absolute atomic E-state index is 12.6. The van der Waals surface area contributed by atoms with Gasteiger partial charge in [-0.25, -0.2) is 13.1 Å². The lowest BCUT2D eigenvalue weighted by Crippen LogP contribution is -2.36. The quantitative estimate of drug-likeness (QED) is 0.875. The Labute approximate surface area is 123 Å². The number of nitriles is 1. The predicted molar refractivity (Wildman–Crippen MR) is 79.9 cm³/mol. The summed E-state index contributed by atoms with van der Waals surface area (Å²) in [5.74, 6) is 0. The normalized spacial score (nSPS) is 18.8. The molecule has 1 atom stereocenters. The molecular formula is C15H15N3O2S. The van der Waals surface area contributed by atoms with Crippen LogP contribution in [0.25, 0.3) is 10.8 Å². The molecule has 0 bridgehead atoms. The molecule has 5 nitrogen and oxygen atoms in total. The average Bonchev–Trinajstić information content (AvgIpc) is 2.93. The molecular weight excluding hydrogens is 286 g/mol. The summed E-state index contributed by atoms with van der Waals surface area (Å²) in [4.78, 5) is 1.85. The second-order valence-corrected chi connectivity index (χ2v) is 6.81. The first-order valence-corrected chi connectivity index (χ1v) is 8.23. The third kappa shape index (κ3) is 2.71. The summed E-state index contributed by atoms with van der Waals surface area (Å²) in [7, 11) is -3.59. The summed E-state index contributed by atoms with van der Waals surface area (Å²) >= 11 is 0. The fourth-order valence-electron chi connectivity index (χ4n) is 2.66. The van der Waals surface area contributed by atoms with Gasteiger partial charge in [-0.1, -0.05) is 36.4 Å². The van der Waals surface area contributed by atoms with Gasteiger partial charge >= 0.3 is 0 Å². The van der Waals surface area contributed by atoms with Gasteiger partial charge in [-0.2, -0.15) is 5.26 Å². The first-order valence-electron chi connectivity index (χ1n) is 6.75. The maximum atomic E-state index is 12.6. The van der Waals surface area contributed by atoms with Crippen molar-refractivity contribution < 1.29 is 8.42 Å². The van der Waals surface area contributed by atoms with Crippen molar-refractivity contribution in [3.63, 3.8) is 0 Å². The summed E-state index contributed by atoms with van der Waals surface area (Å²) in [6, 6.07) is 12.4. The van der Waals surface area contributed by atoms with Gasteiger partial charge in [-0.15, -0.1) is 0 Å². The van der Waals surface area contributed by atoms with Crippen molar-refractivity contribution in [1.29, 1.82) is 5.26 Å². The van der Waals surface area contributed by atoms with E-state index in [-0.39, 0.29) is 10.9 Å². The molecule has 1 heterocycles. The number of rotatable bonds is 3. The summed E-state index contributed by atoms with van der Waals surface area (Å²) in [6.07, 6.45) is 2.70. The van der Waals surface area contributed by atoms with Gasteiger partial charge in [0.25, 0.3) is 0 Å². The lowest BCUT2D eigenvalue weighted by atomic mass is 10.1. The van der Waals surface area contributed by atoms with Gasteiger partial charge in [0.2, 0.25) is 10.0 Å². The number of sulfonamides is 1. The van der Waals surface area contributed by atoms with Gasteiger partial charge in [0, 0.05) is 24.5 Å². The molecule has 0 saturated carbocycles. The Morgan fingerprint density at radius 1 is 1.19 bits per heavy atom. The molecule has 1 fully saturated rings. The topological polar surface area (TPSA) is 73.2 Å². The van der Waals surface area contributed by atoms with E-state index in [0.717, 1.165) is 5.39 Å². The number of fused-ring (bicyclic) bond motifs is 1. The van der Waals surface area contributed by atoms with E-state index in [1.807, 2.05) is 30.5 Å². The molecule has 0 aliphatic carbocycles. The second kappa shape index (κ2) is 5.35. The first-order chi connectivity index (χ1) is 10.1. The van der Waals surface area contributed by atoms with Crippen LogP contribution >= 0.6 is 0 Å². The fraction of sp³-hybridized carbons (Fsp3) is 0.267. The number of likely N-dealkylation sites (tertiary alicyclic amines) is 1. The molecule has 2 aromatic carbocycles. The van der Waals surface area contributed by atoms with Crippen LogP contribution in [-0.2, 0) is 10.0 Å². The van der Waals surface area contributed by atoms with Crippen molar-refractivity contribution in [2.24, 2.45) is 0 Å². The Hall–Kier alpha value is -2.10. The summed E-state index contributed by atoms with van der Waals surface area (Å²) in [6.45, 7) is 1.03. The highest BCUT2D eigenvalue weighted by Crippen LogP contribution is 2.23. The molecule has 21 heavy (non-hydrogen) atoms. The smallest absolute Gasteiger partial charge is 0.241 e. The summed E-state index contributed by atoms with van der Waals surface area (Å²) < 4.78 is 27.9. The number of hydrogen-bond acceptors (Lipinski definition) is 4. The van der Waals surface area contributed by atoms with E-state index in [1.165, 1.54) is 0 Å². The monoisotopic (exact) mass is 301 g/mol. The zero-order chi connectivity index (χ0) is 14.9. The first kappa shape index (κ1) is 13.9. The van der Waals surface area contributed by atoms with Crippen LogP contribution in [0.4, 0.5) is 0 Å². The van der Waals surface area contributed by atoms with Crippen LogP contribution < -0.4 is 4.72 Å². The molecule has 1 aliphatic heterocycles. The van der Waals surface area contributed by atoms with Crippen LogP contribution in [0, 0.1) is 11.5 Å². The molecule has 0 spiro atoms. The predicted octanol–water partition coefficient (Wildman–Crippen LogP) is 1.67. The van der Waals surface area contributed by atoms with Crippen molar-refractivity contribution >= 4 is 20.8 Å². The number of nitrogens with one attached hydrogen (secondary N) is 1. The van der Waals surface area contributed by atoms with Crippen molar-refractivity contribution in [1.82, 2.24) is 9.62 Å². The van der Waals surface area contributed by atoms with E-state index >= 15 is 0 Å². The van der Waals surface area contributed by atoms with Crippen molar-refractivity contribution in [3.05, 3.63) is 42.5 Å². The van der Waals surface area contributed by atoms with Crippen LogP contribution in [0.2, 0.25) is 0 Å². The van der Waals surface area contributed by atoms with E-state index in [1.54, 1.807) is 23.1 Å². The molecule has 2 aromatic rings. The minimum absolute atomic E-state index is 0.214. The van der Waals surface area contributed by atoms with Crippen LogP contribution in [0.1, 0.15) is 6.42 Å². The summed E-state index contributed by atoms with van der Waals surface area (Å²) in [5.41, 5.74) is 0. The van der Waals surface area contributed by atoms with Gasteiger partial charge in [0.1, 0.15) is 0 Å². The molecule has 1 aliphatic rings. The Balaban J connectivity index is 1.93. The van der Waals surface area contributed by atoms with Crippen LogP contribution in [0.5, 0.6) is 0 Å². The number of hydrogen-bond donors (Lipinski definition) is 1. The molecule has 1 unspecified atom stereocenters. The largest absolute Gasteiger partial charge is 0.309 e. The standard InChI is InChI=1S/C15H15N3O2S/c16-11-18-9-8-13(10-18)17-21(19,20)15-7-3-5-12-4-1-2-6-14(12)15/h1-7,13,17H,8-10H2. The molecule has 6 heteroatoms. The zero-order valence-electron chi connectivity index (χ0n) is 11.4. The molecule has 0 aromatic heterocycles. The van der Waals surface area contributed by atoms with E-state index in [2.05, 4.69) is 4.72 Å². The van der Waals surface area contributed by atoms with E-state index < -0.39 is 10.0 Å². The third-order valence-electron chi connectivity index (χ3n) is 3.69. The molecule has 1 saturated heterocycles. The van der Waals surface area contributed by atoms with Crippen molar-refractivity contribution in [2.75, 3.05) is 13.1 Å². The minimum atomic E-state index is -3.59. The maximum Gasteiger partial charge on any atom is 0.241 e.